The summed E-state index contributed by atoms with van der Waals surface area (Å²) in [5.74, 6) is -0.131. The van der Waals surface area contributed by atoms with Crippen molar-refractivity contribution in [3.63, 3.8) is 0 Å². The number of carbonyl (C=O) groups excluding carboxylic acids is 1. The zero-order valence-electron chi connectivity index (χ0n) is 16.5. The number of amides is 1. The van der Waals surface area contributed by atoms with Crippen LogP contribution >= 0.6 is 0 Å². The molecule has 1 atom stereocenters. The van der Waals surface area contributed by atoms with Crippen LogP contribution < -0.4 is 5.32 Å². The summed E-state index contributed by atoms with van der Waals surface area (Å²) in [6, 6.07) is 16.6. The van der Waals surface area contributed by atoms with Crippen molar-refractivity contribution in [2.75, 3.05) is 13.2 Å². The van der Waals surface area contributed by atoms with Gasteiger partial charge < -0.3 is 19.8 Å². The SMILES string of the molecule is C=CC(=O)N(Cc1cccc(O)c1)C1(C(O)NCc2ccccc2)CCOCC1. The molecule has 154 valence electrons. The number of hydrogen-bond acceptors (Lipinski definition) is 5. The Labute approximate surface area is 171 Å². The average molecular weight is 396 g/mol. The Balaban J connectivity index is 1.87. The molecule has 0 saturated carbocycles. The van der Waals surface area contributed by atoms with Gasteiger partial charge in [-0.05, 0) is 42.2 Å². The monoisotopic (exact) mass is 396 g/mol. The third-order valence-corrected chi connectivity index (χ3v) is 5.44. The van der Waals surface area contributed by atoms with Crippen LogP contribution in [0.4, 0.5) is 0 Å². The van der Waals surface area contributed by atoms with Crippen LogP contribution in [-0.2, 0) is 22.6 Å². The van der Waals surface area contributed by atoms with E-state index < -0.39 is 11.8 Å². The molecule has 3 N–H and O–H groups in total. The van der Waals surface area contributed by atoms with Crippen LogP contribution in [0.5, 0.6) is 5.75 Å². The van der Waals surface area contributed by atoms with Crippen molar-refractivity contribution in [3.05, 3.63) is 78.4 Å². The van der Waals surface area contributed by atoms with Crippen LogP contribution in [0.15, 0.2) is 67.3 Å². The summed E-state index contributed by atoms with van der Waals surface area (Å²) in [6.45, 7) is 5.28. The standard InChI is InChI=1S/C23H28N2O4/c1-2-21(27)25(17-19-9-6-10-20(26)15-19)23(11-13-29-14-12-23)22(28)24-16-18-7-4-3-5-8-18/h2-10,15,22,24,26,28H,1,11-14,16-17H2. The van der Waals surface area contributed by atoms with Gasteiger partial charge >= 0.3 is 0 Å². The number of phenolic OH excluding ortho intramolecular Hbond substituents is 1. The molecule has 1 unspecified atom stereocenters. The van der Waals surface area contributed by atoms with Crippen molar-refractivity contribution in [1.29, 1.82) is 0 Å². The van der Waals surface area contributed by atoms with Gasteiger partial charge in [-0.3, -0.25) is 10.1 Å². The quantitative estimate of drug-likeness (QED) is 0.472. The molecule has 0 spiro atoms. The van der Waals surface area contributed by atoms with E-state index in [1.165, 1.54) is 6.08 Å². The lowest BCUT2D eigenvalue weighted by atomic mass is 9.85. The van der Waals surface area contributed by atoms with Crippen molar-refractivity contribution in [1.82, 2.24) is 10.2 Å². The summed E-state index contributed by atoms with van der Waals surface area (Å²) in [7, 11) is 0. The number of benzene rings is 2. The first-order chi connectivity index (χ1) is 14.0. The minimum Gasteiger partial charge on any atom is -0.508 e. The summed E-state index contributed by atoms with van der Waals surface area (Å²) >= 11 is 0. The summed E-state index contributed by atoms with van der Waals surface area (Å²) in [4.78, 5) is 14.5. The summed E-state index contributed by atoms with van der Waals surface area (Å²) in [5, 5.41) is 24.2. The highest BCUT2D eigenvalue weighted by Gasteiger charge is 2.46. The van der Waals surface area contributed by atoms with Gasteiger partial charge in [-0.1, -0.05) is 49.0 Å². The normalized spacial score (nSPS) is 16.7. The molecule has 1 aliphatic rings. The molecule has 1 amide bonds. The first-order valence-corrected chi connectivity index (χ1v) is 9.80. The molecule has 0 aromatic heterocycles. The van der Waals surface area contributed by atoms with E-state index in [1.54, 1.807) is 23.1 Å². The number of aromatic hydroxyl groups is 1. The fourth-order valence-electron chi connectivity index (χ4n) is 3.82. The molecule has 1 aliphatic heterocycles. The van der Waals surface area contributed by atoms with E-state index in [1.807, 2.05) is 36.4 Å². The molecule has 6 heteroatoms. The van der Waals surface area contributed by atoms with Gasteiger partial charge in [0.2, 0.25) is 5.91 Å². The van der Waals surface area contributed by atoms with Gasteiger partial charge in [-0.2, -0.15) is 0 Å². The van der Waals surface area contributed by atoms with Gasteiger partial charge in [0.15, 0.2) is 0 Å². The lowest BCUT2D eigenvalue weighted by molar-refractivity contribution is -0.152. The molecule has 1 heterocycles. The zero-order valence-corrected chi connectivity index (χ0v) is 16.5. The average Bonchev–Trinajstić information content (AvgIpc) is 2.76. The number of carbonyl (C=O) groups is 1. The molecule has 0 radical (unpaired) electrons. The van der Waals surface area contributed by atoms with Gasteiger partial charge in [0.25, 0.3) is 0 Å². The number of ether oxygens (including phenoxy) is 1. The molecule has 3 rings (SSSR count). The Hall–Kier alpha value is -2.67. The third-order valence-electron chi connectivity index (χ3n) is 5.44. The van der Waals surface area contributed by atoms with Crippen LogP contribution in [-0.4, -0.2) is 46.0 Å². The third kappa shape index (κ3) is 5.03. The second-order valence-corrected chi connectivity index (χ2v) is 7.28. The predicted molar refractivity (Wildman–Crippen MR) is 111 cm³/mol. The highest BCUT2D eigenvalue weighted by Crippen LogP contribution is 2.33. The molecule has 6 nitrogen and oxygen atoms in total. The van der Waals surface area contributed by atoms with Gasteiger partial charge in [-0.15, -0.1) is 0 Å². The van der Waals surface area contributed by atoms with Gasteiger partial charge in [0.1, 0.15) is 12.0 Å². The highest BCUT2D eigenvalue weighted by molar-refractivity contribution is 5.87. The molecule has 1 saturated heterocycles. The number of aliphatic hydroxyl groups excluding tert-OH is 1. The largest absolute Gasteiger partial charge is 0.508 e. The van der Waals surface area contributed by atoms with E-state index in [0.717, 1.165) is 11.1 Å². The molecule has 0 aliphatic carbocycles. The maximum Gasteiger partial charge on any atom is 0.246 e. The number of aliphatic hydroxyl groups is 1. The Kier molecular flexibility index (Phi) is 7.04. The van der Waals surface area contributed by atoms with Crippen molar-refractivity contribution >= 4 is 5.91 Å². The van der Waals surface area contributed by atoms with Crippen molar-refractivity contribution in [2.24, 2.45) is 0 Å². The fraction of sp³-hybridized carbons (Fsp3) is 0.348. The summed E-state index contributed by atoms with van der Waals surface area (Å²) in [6.07, 6.45) is 1.31. The molecule has 29 heavy (non-hydrogen) atoms. The predicted octanol–water partition coefficient (Wildman–Crippen LogP) is 2.56. The van der Waals surface area contributed by atoms with Crippen molar-refractivity contribution in [2.45, 2.75) is 37.7 Å². The minimum absolute atomic E-state index is 0.136. The van der Waals surface area contributed by atoms with Gasteiger partial charge in [0, 0.05) is 26.3 Å². The summed E-state index contributed by atoms with van der Waals surface area (Å²) < 4.78 is 5.53. The number of nitrogens with one attached hydrogen (secondary N) is 1. The maximum absolute atomic E-state index is 12.9. The van der Waals surface area contributed by atoms with E-state index >= 15 is 0 Å². The van der Waals surface area contributed by atoms with Crippen LogP contribution in [0, 0.1) is 0 Å². The number of phenols is 1. The zero-order chi connectivity index (χ0) is 20.7. The second-order valence-electron chi connectivity index (χ2n) is 7.28. The van der Waals surface area contributed by atoms with Crippen LogP contribution in [0.25, 0.3) is 0 Å². The molecular weight excluding hydrogens is 368 g/mol. The van der Waals surface area contributed by atoms with Crippen molar-refractivity contribution in [3.8, 4) is 5.75 Å². The van der Waals surface area contributed by atoms with E-state index in [4.69, 9.17) is 4.74 Å². The van der Waals surface area contributed by atoms with Crippen LogP contribution in [0.1, 0.15) is 24.0 Å². The smallest absolute Gasteiger partial charge is 0.246 e. The molecule has 2 aromatic rings. The Morgan fingerprint density at radius 1 is 1.17 bits per heavy atom. The molecule has 1 fully saturated rings. The van der Waals surface area contributed by atoms with E-state index in [0.29, 0.717) is 32.6 Å². The first kappa shape index (κ1) is 21.0. The number of rotatable bonds is 8. The summed E-state index contributed by atoms with van der Waals surface area (Å²) in [5.41, 5.74) is 0.980. The lowest BCUT2D eigenvalue weighted by Gasteiger charge is -2.49. The van der Waals surface area contributed by atoms with Gasteiger partial charge in [-0.25, -0.2) is 0 Å². The van der Waals surface area contributed by atoms with Crippen molar-refractivity contribution < 1.29 is 19.7 Å². The Morgan fingerprint density at radius 2 is 1.86 bits per heavy atom. The minimum atomic E-state index is -0.951. The first-order valence-electron chi connectivity index (χ1n) is 9.80. The second kappa shape index (κ2) is 9.69. The van der Waals surface area contributed by atoms with E-state index in [2.05, 4.69) is 11.9 Å². The molecular formula is C23H28N2O4. The van der Waals surface area contributed by atoms with E-state index in [-0.39, 0.29) is 18.2 Å². The maximum atomic E-state index is 12.9. The Morgan fingerprint density at radius 3 is 2.52 bits per heavy atom. The number of hydrogen-bond donors (Lipinski definition) is 3. The fourth-order valence-corrected chi connectivity index (χ4v) is 3.82. The number of nitrogens with zero attached hydrogens (tertiary/aromatic N) is 1. The highest BCUT2D eigenvalue weighted by atomic mass is 16.5. The van der Waals surface area contributed by atoms with Crippen LogP contribution in [0.3, 0.4) is 0 Å². The lowest BCUT2D eigenvalue weighted by Crippen LogP contribution is -2.64. The topological polar surface area (TPSA) is 82.0 Å². The van der Waals surface area contributed by atoms with Gasteiger partial charge in [0.05, 0.1) is 5.54 Å². The van der Waals surface area contributed by atoms with E-state index in [9.17, 15) is 15.0 Å². The molecule has 2 aromatic carbocycles. The Bertz CT molecular complexity index is 819. The van der Waals surface area contributed by atoms with Crippen LogP contribution in [0.2, 0.25) is 0 Å². The molecule has 0 bridgehead atoms.